The van der Waals surface area contributed by atoms with E-state index in [9.17, 15) is 0 Å². The van der Waals surface area contributed by atoms with Gasteiger partial charge in [0.15, 0.2) is 0 Å². The monoisotopic (exact) mass is 237 g/mol. The molecule has 0 aromatic heterocycles. The number of nitrogens with two attached hydrogens (primary N) is 1. The second kappa shape index (κ2) is 4.29. The molecule has 1 heterocycles. The minimum absolute atomic E-state index is 0.642. The van der Waals surface area contributed by atoms with Crippen molar-refractivity contribution in [2.75, 3.05) is 5.01 Å². The molecule has 3 rings (SSSR count). The van der Waals surface area contributed by atoms with Gasteiger partial charge in [-0.25, -0.2) is 5.43 Å². The number of benzene rings is 2. The highest BCUT2D eigenvalue weighted by Gasteiger charge is 2.30. The number of nitrogens with one attached hydrogen (secondary N) is 1. The Labute approximate surface area is 107 Å². The molecule has 3 N–H and O–H groups in total. The molecule has 3 heteroatoms. The third kappa shape index (κ3) is 1.90. The zero-order chi connectivity index (χ0) is 12.4. The van der Waals surface area contributed by atoms with Crippen LogP contribution in [0.3, 0.4) is 0 Å². The zero-order valence-corrected chi connectivity index (χ0v) is 9.95. The molecule has 1 aliphatic heterocycles. The van der Waals surface area contributed by atoms with Gasteiger partial charge in [-0.15, -0.1) is 0 Å². The van der Waals surface area contributed by atoms with Gasteiger partial charge in [-0.2, -0.15) is 0 Å². The lowest BCUT2D eigenvalue weighted by Gasteiger charge is -2.27. The summed E-state index contributed by atoms with van der Waals surface area (Å²) in [6, 6.07) is 20.1. The second-order valence-electron chi connectivity index (χ2n) is 4.37. The van der Waals surface area contributed by atoms with Crippen molar-refractivity contribution < 1.29 is 0 Å². The van der Waals surface area contributed by atoms with Crippen molar-refractivity contribution in [3.05, 3.63) is 78.5 Å². The molecule has 2 aromatic rings. The van der Waals surface area contributed by atoms with E-state index >= 15 is 0 Å². The highest BCUT2D eigenvalue weighted by Crippen LogP contribution is 2.25. The van der Waals surface area contributed by atoms with E-state index in [1.807, 2.05) is 77.9 Å². The summed E-state index contributed by atoms with van der Waals surface area (Å²) in [5.41, 5.74) is 11.1. The standard InChI is InChI=1S/C15H15N3/c16-15(13-7-3-1-4-8-13)11-12-18(17-15)14-9-5-2-6-10-14/h1-12,17H,16H2. The van der Waals surface area contributed by atoms with Gasteiger partial charge in [-0.05, 0) is 23.8 Å². The average molecular weight is 237 g/mol. The molecule has 1 aliphatic rings. The van der Waals surface area contributed by atoms with Crippen LogP contribution in [0.2, 0.25) is 0 Å². The number of para-hydroxylation sites is 1. The lowest BCUT2D eigenvalue weighted by molar-refractivity contribution is 0.464. The van der Waals surface area contributed by atoms with E-state index in [4.69, 9.17) is 5.73 Å². The summed E-state index contributed by atoms with van der Waals surface area (Å²) in [5, 5.41) is 1.94. The van der Waals surface area contributed by atoms with Crippen LogP contribution in [0.4, 0.5) is 5.69 Å². The van der Waals surface area contributed by atoms with Crippen LogP contribution < -0.4 is 16.2 Å². The van der Waals surface area contributed by atoms with Crippen LogP contribution >= 0.6 is 0 Å². The Kier molecular flexibility index (Phi) is 2.63. The normalized spacial score (nSPS) is 22.4. The summed E-state index contributed by atoms with van der Waals surface area (Å²) in [7, 11) is 0. The van der Waals surface area contributed by atoms with Crippen LogP contribution in [-0.4, -0.2) is 0 Å². The van der Waals surface area contributed by atoms with Crippen LogP contribution in [0.25, 0.3) is 0 Å². The highest BCUT2D eigenvalue weighted by molar-refractivity contribution is 5.51. The molecule has 0 radical (unpaired) electrons. The van der Waals surface area contributed by atoms with Gasteiger partial charge in [0.25, 0.3) is 0 Å². The minimum Gasteiger partial charge on any atom is -0.305 e. The minimum atomic E-state index is -0.642. The molecule has 0 aliphatic carbocycles. The summed E-state index contributed by atoms with van der Waals surface area (Å²) in [5.74, 6) is 0. The lowest BCUT2D eigenvalue weighted by Crippen LogP contribution is -2.51. The van der Waals surface area contributed by atoms with Gasteiger partial charge < -0.3 is 5.73 Å². The van der Waals surface area contributed by atoms with Gasteiger partial charge in [0.1, 0.15) is 5.66 Å². The van der Waals surface area contributed by atoms with E-state index < -0.39 is 5.66 Å². The van der Waals surface area contributed by atoms with Gasteiger partial charge in [0, 0.05) is 6.20 Å². The van der Waals surface area contributed by atoms with E-state index in [1.165, 1.54) is 0 Å². The number of anilines is 1. The molecule has 0 bridgehead atoms. The molecule has 3 nitrogen and oxygen atoms in total. The Balaban J connectivity index is 1.86. The maximum atomic E-state index is 6.37. The van der Waals surface area contributed by atoms with Crippen molar-refractivity contribution in [1.82, 2.24) is 5.43 Å². The van der Waals surface area contributed by atoms with Crippen molar-refractivity contribution in [1.29, 1.82) is 0 Å². The summed E-state index contributed by atoms with van der Waals surface area (Å²) < 4.78 is 0. The van der Waals surface area contributed by atoms with Crippen LogP contribution in [0.5, 0.6) is 0 Å². The Morgan fingerprint density at radius 1 is 0.889 bits per heavy atom. The molecular formula is C15H15N3. The average Bonchev–Trinajstić information content (AvgIpc) is 2.85. The van der Waals surface area contributed by atoms with Crippen LogP contribution in [0.15, 0.2) is 72.9 Å². The van der Waals surface area contributed by atoms with Crippen LogP contribution in [-0.2, 0) is 5.66 Å². The number of rotatable bonds is 2. The van der Waals surface area contributed by atoms with E-state index in [2.05, 4.69) is 5.43 Å². The first kappa shape index (κ1) is 11.0. The summed E-state index contributed by atoms with van der Waals surface area (Å²) in [4.78, 5) is 0. The molecule has 2 aromatic carbocycles. The fraction of sp³-hybridized carbons (Fsp3) is 0.0667. The van der Waals surface area contributed by atoms with Crippen molar-refractivity contribution in [2.45, 2.75) is 5.66 Å². The third-order valence-electron chi connectivity index (χ3n) is 3.08. The number of nitrogens with zero attached hydrogens (tertiary/aromatic N) is 1. The van der Waals surface area contributed by atoms with Gasteiger partial charge >= 0.3 is 0 Å². The van der Waals surface area contributed by atoms with Gasteiger partial charge in [-0.3, -0.25) is 5.01 Å². The van der Waals surface area contributed by atoms with E-state index in [0.29, 0.717) is 0 Å². The van der Waals surface area contributed by atoms with Gasteiger partial charge in [-0.1, -0.05) is 48.5 Å². The van der Waals surface area contributed by atoms with Gasteiger partial charge in [0.05, 0.1) is 5.69 Å². The maximum absolute atomic E-state index is 6.37. The lowest BCUT2D eigenvalue weighted by atomic mass is 10.0. The number of hydrogen-bond acceptors (Lipinski definition) is 3. The zero-order valence-electron chi connectivity index (χ0n) is 9.95. The van der Waals surface area contributed by atoms with Crippen molar-refractivity contribution in [3.63, 3.8) is 0 Å². The topological polar surface area (TPSA) is 41.3 Å². The SMILES string of the molecule is NC1(c2ccccc2)C=CN(c2ccccc2)N1. The maximum Gasteiger partial charge on any atom is 0.131 e. The Morgan fingerprint density at radius 3 is 2.17 bits per heavy atom. The predicted molar refractivity (Wildman–Crippen MR) is 73.5 cm³/mol. The fourth-order valence-corrected chi connectivity index (χ4v) is 2.08. The molecule has 1 unspecified atom stereocenters. The van der Waals surface area contributed by atoms with Crippen molar-refractivity contribution in [3.8, 4) is 0 Å². The molecule has 90 valence electrons. The first-order valence-corrected chi connectivity index (χ1v) is 5.94. The molecule has 0 amide bonds. The quantitative estimate of drug-likeness (QED) is 0.842. The van der Waals surface area contributed by atoms with E-state index in [1.54, 1.807) is 0 Å². The second-order valence-corrected chi connectivity index (χ2v) is 4.37. The summed E-state index contributed by atoms with van der Waals surface area (Å²) in [6.45, 7) is 0. The van der Waals surface area contributed by atoms with E-state index in [0.717, 1.165) is 11.3 Å². The summed E-state index contributed by atoms with van der Waals surface area (Å²) in [6.07, 6.45) is 3.93. The Hall–Kier alpha value is -2.10. The Bertz CT molecular complexity index is 550. The molecule has 1 atom stereocenters. The smallest absolute Gasteiger partial charge is 0.131 e. The third-order valence-corrected chi connectivity index (χ3v) is 3.08. The fourth-order valence-electron chi connectivity index (χ4n) is 2.08. The largest absolute Gasteiger partial charge is 0.305 e. The van der Waals surface area contributed by atoms with E-state index in [-0.39, 0.29) is 0 Å². The van der Waals surface area contributed by atoms with Gasteiger partial charge in [0.2, 0.25) is 0 Å². The first-order chi connectivity index (χ1) is 8.78. The molecule has 18 heavy (non-hydrogen) atoms. The Morgan fingerprint density at radius 2 is 1.50 bits per heavy atom. The molecule has 0 fully saturated rings. The summed E-state index contributed by atoms with van der Waals surface area (Å²) >= 11 is 0. The van der Waals surface area contributed by atoms with Crippen LogP contribution in [0, 0.1) is 0 Å². The molecule has 0 saturated carbocycles. The predicted octanol–water partition coefficient (Wildman–Crippen LogP) is 2.34. The van der Waals surface area contributed by atoms with Crippen molar-refractivity contribution >= 4 is 5.69 Å². The molecular weight excluding hydrogens is 222 g/mol. The van der Waals surface area contributed by atoms with Crippen LogP contribution in [0.1, 0.15) is 5.56 Å². The van der Waals surface area contributed by atoms with Crippen molar-refractivity contribution in [2.24, 2.45) is 5.73 Å². The first-order valence-electron chi connectivity index (χ1n) is 5.94. The molecule has 0 saturated heterocycles. The highest BCUT2D eigenvalue weighted by atomic mass is 15.6. The number of hydrazine groups is 1. The molecule has 0 spiro atoms. The number of hydrogen-bond donors (Lipinski definition) is 2.